The summed E-state index contributed by atoms with van der Waals surface area (Å²) in [6.07, 6.45) is 0. The molecule has 0 amide bonds. The van der Waals surface area contributed by atoms with Gasteiger partial charge in [0.1, 0.15) is 6.61 Å². The van der Waals surface area contributed by atoms with Gasteiger partial charge in [-0.2, -0.15) is 0 Å². The Hall–Kier alpha value is -2.82. The van der Waals surface area contributed by atoms with Crippen LogP contribution in [0.15, 0.2) is 54.6 Å². The van der Waals surface area contributed by atoms with Crippen molar-refractivity contribution < 1.29 is 19.1 Å². The molecule has 120 valence electrons. The average Bonchev–Trinajstić information content (AvgIpc) is 2.61. The largest absolute Gasteiger partial charge is 0.465 e. The number of benzene rings is 2. The molecule has 5 heteroatoms. The molecular formula is C18H19NO4. The minimum atomic E-state index is -0.483. The average molecular weight is 313 g/mol. The Kier molecular flexibility index (Phi) is 5.74. The standard InChI is InChI=1S/C18H19NO4/c1-19(16-9-4-3-5-10-16)11-12-23-18(21)15-8-6-7-14(13-15)17(20)22-2/h3-10,13H,11-12H2,1-2H3. The zero-order chi connectivity index (χ0) is 16.7. The lowest BCUT2D eigenvalue weighted by Crippen LogP contribution is -2.23. The lowest BCUT2D eigenvalue weighted by atomic mass is 10.1. The third-order valence-corrected chi connectivity index (χ3v) is 3.38. The highest BCUT2D eigenvalue weighted by Crippen LogP contribution is 2.11. The van der Waals surface area contributed by atoms with E-state index in [1.54, 1.807) is 18.2 Å². The molecule has 0 aromatic heterocycles. The second-order valence-electron chi connectivity index (χ2n) is 4.97. The van der Waals surface area contributed by atoms with E-state index in [1.165, 1.54) is 13.2 Å². The quantitative estimate of drug-likeness (QED) is 0.768. The Morgan fingerprint density at radius 1 is 0.957 bits per heavy atom. The molecule has 2 aromatic rings. The Bertz CT molecular complexity index is 670. The molecule has 0 radical (unpaired) electrons. The molecule has 0 bridgehead atoms. The van der Waals surface area contributed by atoms with Gasteiger partial charge in [-0.3, -0.25) is 0 Å². The summed E-state index contributed by atoms with van der Waals surface area (Å²) in [5.74, 6) is -0.944. The number of hydrogen-bond donors (Lipinski definition) is 0. The van der Waals surface area contributed by atoms with Gasteiger partial charge in [0.05, 0.1) is 24.8 Å². The number of anilines is 1. The van der Waals surface area contributed by atoms with Crippen molar-refractivity contribution in [3.8, 4) is 0 Å². The van der Waals surface area contributed by atoms with Crippen LogP contribution in [0, 0.1) is 0 Å². The number of hydrogen-bond acceptors (Lipinski definition) is 5. The number of likely N-dealkylation sites (N-methyl/N-ethyl adjacent to an activating group) is 1. The Morgan fingerprint density at radius 3 is 2.26 bits per heavy atom. The predicted molar refractivity (Wildman–Crippen MR) is 87.8 cm³/mol. The molecular weight excluding hydrogens is 294 g/mol. The summed E-state index contributed by atoms with van der Waals surface area (Å²) < 4.78 is 9.89. The van der Waals surface area contributed by atoms with Gasteiger partial charge in [-0.25, -0.2) is 9.59 Å². The molecule has 0 aliphatic carbocycles. The fourth-order valence-corrected chi connectivity index (χ4v) is 2.06. The van der Waals surface area contributed by atoms with Crippen LogP contribution in [0.2, 0.25) is 0 Å². The number of para-hydroxylation sites is 1. The van der Waals surface area contributed by atoms with Crippen LogP contribution in [0.4, 0.5) is 5.69 Å². The third-order valence-electron chi connectivity index (χ3n) is 3.38. The molecule has 0 atom stereocenters. The number of carbonyl (C=O) groups is 2. The van der Waals surface area contributed by atoms with Gasteiger partial charge in [0.2, 0.25) is 0 Å². The monoisotopic (exact) mass is 313 g/mol. The number of methoxy groups -OCH3 is 1. The first kappa shape index (κ1) is 16.5. The van der Waals surface area contributed by atoms with Gasteiger partial charge in [-0.05, 0) is 30.3 Å². The number of rotatable bonds is 6. The van der Waals surface area contributed by atoms with Crippen LogP contribution in [-0.2, 0) is 9.47 Å². The second kappa shape index (κ2) is 7.98. The van der Waals surface area contributed by atoms with E-state index in [2.05, 4.69) is 4.74 Å². The van der Waals surface area contributed by atoms with Gasteiger partial charge in [0, 0.05) is 12.7 Å². The maximum atomic E-state index is 12.0. The molecule has 0 unspecified atom stereocenters. The minimum Gasteiger partial charge on any atom is -0.465 e. The van der Waals surface area contributed by atoms with Crippen LogP contribution in [0.5, 0.6) is 0 Å². The van der Waals surface area contributed by atoms with Crippen LogP contribution in [-0.4, -0.2) is 39.2 Å². The van der Waals surface area contributed by atoms with Crippen LogP contribution < -0.4 is 4.90 Å². The van der Waals surface area contributed by atoms with Gasteiger partial charge in [-0.1, -0.05) is 24.3 Å². The highest BCUT2D eigenvalue weighted by atomic mass is 16.5. The molecule has 0 N–H and O–H groups in total. The van der Waals surface area contributed by atoms with Gasteiger partial charge in [0.15, 0.2) is 0 Å². The van der Waals surface area contributed by atoms with Crippen LogP contribution in [0.25, 0.3) is 0 Å². The van der Waals surface area contributed by atoms with Gasteiger partial charge >= 0.3 is 11.9 Å². The van der Waals surface area contributed by atoms with E-state index < -0.39 is 11.9 Å². The van der Waals surface area contributed by atoms with Crippen molar-refractivity contribution in [2.24, 2.45) is 0 Å². The Morgan fingerprint density at radius 2 is 1.61 bits per heavy atom. The van der Waals surface area contributed by atoms with E-state index in [0.29, 0.717) is 17.7 Å². The summed E-state index contributed by atoms with van der Waals surface area (Å²) in [5, 5.41) is 0. The minimum absolute atomic E-state index is 0.257. The first-order chi connectivity index (χ1) is 11.1. The highest BCUT2D eigenvalue weighted by molar-refractivity contribution is 5.95. The van der Waals surface area contributed by atoms with Crippen LogP contribution >= 0.6 is 0 Å². The zero-order valence-corrected chi connectivity index (χ0v) is 13.2. The summed E-state index contributed by atoms with van der Waals surface area (Å²) in [4.78, 5) is 25.5. The van der Waals surface area contributed by atoms with Crippen molar-refractivity contribution in [2.45, 2.75) is 0 Å². The molecule has 0 aliphatic heterocycles. The number of ether oxygens (including phenoxy) is 2. The van der Waals surface area contributed by atoms with Crippen molar-refractivity contribution >= 4 is 17.6 Å². The van der Waals surface area contributed by atoms with E-state index in [1.807, 2.05) is 42.3 Å². The molecule has 0 aliphatic rings. The van der Waals surface area contributed by atoms with Gasteiger partial charge in [-0.15, -0.1) is 0 Å². The topological polar surface area (TPSA) is 55.8 Å². The summed E-state index contributed by atoms with van der Waals surface area (Å²) in [5.41, 5.74) is 1.70. The second-order valence-corrected chi connectivity index (χ2v) is 4.97. The van der Waals surface area contributed by atoms with Gasteiger partial charge in [0.25, 0.3) is 0 Å². The third kappa shape index (κ3) is 4.57. The molecule has 23 heavy (non-hydrogen) atoms. The molecule has 5 nitrogen and oxygen atoms in total. The first-order valence-electron chi connectivity index (χ1n) is 7.23. The molecule has 2 rings (SSSR count). The van der Waals surface area contributed by atoms with Crippen molar-refractivity contribution in [3.05, 3.63) is 65.7 Å². The van der Waals surface area contributed by atoms with E-state index >= 15 is 0 Å². The maximum Gasteiger partial charge on any atom is 0.338 e. The number of carbonyl (C=O) groups excluding carboxylic acids is 2. The van der Waals surface area contributed by atoms with Crippen molar-refractivity contribution in [1.29, 1.82) is 0 Å². The predicted octanol–water partition coefficient (Wildman–Crippen LogP) is 2.77. The molecule has 0 fully saturated rings. The molecule has 0 saturated carbocycles. The lowest BCUT2D eigenvalue weighted by Gasteiger charge is -2.18. The van der Waals surface area contributed by atoms with Crippen molar-refractivity contribution in [2.75, 3.05) is 32.2 Å². The summed E-state index contributed by atoms with van der Waals surface area (Å²) in [7, 11) is 3.23. The Balaban J connectivity index is 1.89. The molecule has 0 saturated heterocycles. The molecule has 0 heterocycles. The summed E-state index contributed by atoms with van der Waals surface area (Å²) in [6.45, 7) is 0.832. The van der Waals surface area contributed by atoms with E-state index in [0.717, 1.165) is 5.69 Å². The summed E-state index contributed by atoms with van der Waals surface area (Å²) in [6, 6.07) is 16.1. The normalized spacial score (nSPS) is 10.0. The van der Waals surface area contributed by atoms with E-state index in [-0.39, 0.29) is 6.61 Å². The van der Waals surface area contributed by atoms with Crippen molar-refractivity contribution in [1.82, 2.24) is 0 Å². The zero-order valence-electron chi connectivity index (χ0n) is 13.2. The highest BCUT2D eigenvalue weighted by Gasteiger charge is 2.12. The number of esters is 2. The lowest BCUT2D eigenvalue weighted by molar-refractivity contribution is 0.0516. The first-order valence-corrected chi connectivity index (χ1v) is 7.23. The Labute approximate surface area is 135 Å². The fraction of sp³-hybridized carbons (Fsp3) is 0.222. The van der Waals surface area contributed by atoms with E-state index in [4.69, 9.17) is 4.74 Å². The maximum absolute atomic E-state index is 12.0. The van der Waals surface area contributed by atoms with Crippen LogP contribution in [0.1, 0.15) is 20.7 Å². The van der Waals surface area contributed by atoms with Gasteiger partial charge < -0.3 is 14.4 Å². The van der Waals surface area contributed by atoms with Crippen molar-refractivity contribution in [3.63, 3.8) is 0 Å². The van der Waals surface area contributed by atoms with Crippen LogP contribution in [0.3, 0.4) is 0 Å². The fourth-order valence-electron chi connectivity index (χ4n) is 2.06. The van der Waals surface area contributed by atoms with E-state index in [9.17, 15) is 9.59 Å². The smallest absolute Gasteiger partial charge is 0.338 e. The molecule has 0 spiro atoms. The molecule has 2 aromatic carbocycles. The number of nitrogens with zero attached hydrogens (tertiary/aromatic N) is 1. The summed E-state index contributed by atoms with van der Waals surface area (Å²) >= 11 is 0. The SMILES string of the molecule is COC(=O)c1cccc(C(=O)OCCN(C)c2ccccc2)c1.